The van der Waals surface area contributed by atoms with E-state index in [1.165, 1.54) is 16.2 Å². The van der Waals surface area contributed by atoms with Gasteiger partial charge in [-0.2, -0.15) is 0 Å². The van der Waals surface area contributed by atoms with Gasteiger partial charge < -0.3 is 16.0 Å². The van der Waals surface area contributed by atoms with Crippen LogP contribution in [0.4, 0.5) is 10.8 Å². The number of carbonyl (C=O) groups excluding carboxylic acids is 2. The molecule has 0 atom stereocenters. The average Bonchev–Trinajstić information content (AvgIpc) is 3.45. The highest BCUT2D eigenvalue weighted by Gasteiger charge is 2.19. The quantitative estimate of drug-likeness (QED) is 0.397. The number of nitrogens with zero attached hydrogens (tertiary/aromatic N) is 4. The Hall–Kier alpha value is -3.63. The summed E-state index contributed by atoms with van der Waals surface area (Å²) >= 11 is 2.94. The number of aryl methyl sites for hydroxylation is 1. The van der Waals surface area contributed by atoms with E-state index in [2.05, 4.69) is 20.3 Å². The second-order valence-corrected chi connectivity index (χ2v) is 9.22. The average molecular weight is 479 g/mol. The Balaban J connectivity index is 1.43. The van der Waals surface area contributed by atoms with Crippen LogP contribution in [-0.4, -0.2) is 44.8 Å². The first-order chi connectivity index (χ1) is 16.0. The zero-order valence-electron chi connectivity index (χ0n) is 17.9. The van der Waals surface area contributed by atoms with Crippen LogP contribution < -0.4 is 11.1 Å². The molecule has 4 rings (SSSR count). The smallest absolute Gasteiger partial charge is 0.254 e. The summed E-state index contributed by atoms with van der Waals surface area (Å²) in [6.07, 6.45) is 3.69. The van der Waals surface area contributed by atoms with Crippen molar-refractivity contribution in [3.63, 3.8) is 0 Å². The largest absolute Gasteiger partial charge is 0.375 e. The molecule has 8 nitrogen and oxygen atoms in total. The summed E-state index contributed by atoms with van der Waals surface area (Å²) in [5.41, 5.74) is 9.43. The van der Waals surface area contributed by atoms with Gasteiger partial charge in [-0.3, -0.25) is 14.6 Å². The minimum absolute atomic E-state index is 0.0748. The van der Waals surface area contributed by atoms with Crippen LogP contribution in [0.5, 0.6) is 0 Å². The highest BCUT2D eigenvalue weighted by molar-refractivity contribution is 7.13. The summed E-state index contributed by atoms with van der Waals surface area (Å²) in [5, 5.41) is 8.20. The standard InChI is InChI=1S/C23H22N6O2S2/c1-15-26-19(13-32-15)8-11-29(22(31)17-6-9-25-10-7-17)12-21(30)27-18-4-2-16(3-5-18)20-14-33-23(24)28-20/h2-7,9-10,13-14H,8,11-12H2,1H3,(H2,24,28)(H,27,30). The number of nitrogen functional groups attached to an aromatic ring is 1. The number of anilines is 2. The number of rotatable bonds is 8. The van der Waals surface area contributed by atoms with Crippen molar-refractivity contribution >= 4 is 45.3 Å². The summed E-state index contributed by atoms with van der Waals surface area (Å²) in [7, 11) is 0. The van der Waals surface area contributed by atoms with E-state index in [-0.39, 0.29) is 18.4 Å². The number of amides is 2. The van der Waals surface area contributed by atoms with Gasteiger partial charge in [0.15, 0.2) is 5.13 Å². The Labute approximate surface area is 199 Å². The van der Waals surface area contributed by atoms with Gasteiger partial charge in [-0.25, -0.2) is 9.97 Å². The summed E-state index contributed by atoms with van der Waals surface area (Å²) in [6, 6.07) is 10.6. The van der Waals surface area contributed by atoms with E-state index in [1.54, 1.807) is 48.0 Å². The zero-order chi connectivity index (χ0) is 23.2. The third-order valence-electron chi connectivity index (χ3n) is 4.84. The van der Waals surface area contributed by atoms with E-state index >= 15 is 0 Å². The molecule has 3 aromatic heterocycles. The van der Waals surface area contributed by atoms with E-state index in [1.807, 2.05) is 29.8 Å². The molecule has 0 aliphatic heterocycles. The van der Waals surface area contributed by atoms with Crippen LogP contribution in [0.15, 0.2) is 59.6 Å². The predicted molar refractivity (Wildman–Crippen MR) is 131 cm³/mol. The molecule has 0 bridgehead atoms. The first-order valence-electron chi connectivity index (χ1n) is 10.2. The number of nitrogens with two attached hydrogens (primary N) is 1. The maximum absolute atomic E-state index is 13.0. The van der Waals surface area contributed by atoms with Gasteiger partial charge in [-0.1, -0.05) is 12.1 Å². The summed E-state index contributed by atoms with van der Waals surface area (Å²) in [4.78, 5) is 40.0. The Kier molecular flexibility index (Phi) is 7.06. The Morgan fingerprint density at radius 1 is 1.03 bits per heavy atom. The van der Waals surface area contributed by atoms with Crippen LogP contribution in [-0.2, 0) is 11.2 Å². The molecule has 0 radical (unpaired) electrons. The number of thiazole rings is 2. The van der Waals surface area contributed by atoms with Crippen LogP contribution in [0.1, 0.15) is 21.1 Å². The fourth-order valence-corrected chi connectivity index (χ4v) is 4.44. The number of benzene rings is 1. The van der Waals surface area contributed by atoms with E-state index < -0.39 is 0 Å². The van der Waals surface area contributed by atoms with E-state index in [0.29, 0.717) is 29.3 Å². The zero-order valence-corrected chi connectivity index (χ0v) is 19.5. The van der Waals surface area contributed by atoms with Crippen LogP contribution >= 0.6 is 22.7 Å². The minimum Gasteiger partial charge on any atom is -0.375 e. The minimum atomic E-state index is -0.280. The van der Waals surface area contributed by atoms with Gasteiger partial charge in [0.1, 0.15) is 6.54 Å². The normalized spacial score (nSPS) is 10.7. The summed E-state index contributed by atoms with van der Waals surface area (Å²) in [5.74, 6) is -0.506. The number of carbonyl (C=O) groups is 2. The molecule has 168 valence electrons. The third kappa shape index (κ3) is 5.99. The highest BCUT2D eigenvalue weighted by Crippen LogP contribution is 2.24. The molecule has 1 aromatic carbocycles. The van der Waals surface area contributed by atoms with Crippen LogP contribution in [0.25, 0.3) is 11.3 Å². The highest BCUT2D eigenvalue weighted by atomic mass is 32.1. The van der Waals surface area contributed by atoms with E-state index in [9.17, 15) is 9.59 Å². The lowest BCUT2D eigenvalue weighted by Crippen LogP contribution is -2.39. The van der Waals surface area contributed by atoms with E-state index in [0.717, 1.165) is 22.0 Å². The first-order valence-corrected chi connectivity index (χ1v) is 12.0. The fourth-order valence-electron chi connectivity index (χ4n) is 3.22. The maximum atomic E-state index is 13.0. The third-order valence-corrected chi connectivity index (χ3v) is 6.34. The molecule has 0 unspecified atom stereocenters. The fraction of sp³-hybridized carbons (Fsp3) is 0.174. The molecule has 2 amide bonds. The molecule has 3 N–H and O–H groups in total. The van der Waals surface area contributed by atoms with Crippen molar-refractivity contribution < 1.29 is 9.59 Å². The van der Waals surface area contributed by atoms with Gasteiger partial charge in [0, 0.05) is 52.9 Å². The Morgan fingerprint density at radius 3 is 2.42 bits per heavy atom. The second-order valence-electron chi connectivity index (χ2n) is 7.27. The first kappa shape index (κ1) is 22.6. The summed E-state index contributed by atoms with van der Waals surface area (Å²) in [6.45, 7) is 2.24. The molecule has 0 saturated heterocycles. The number of hydrogen-bond donors (Lipinski definition) is 2. The summed E-state index contributed by atoms with van der Waals surface area (Å²) < 4.78 is 0. The number of pyridine rings is 1. The Morgan fingerprint density at radius 2 is 1.79 bits per heavy atom. The molecule has 3 heterocycles. The van der Waals surface area contributed by atoms with Gasteiger partial charge in [-0.15, -0.1) is 22.7 Å². The van der Waals surface area contributed by atoms with Gasteiger partial charge in [0.25, 0.3) is 5.91 Å². The van der Waals surface area contributed by atoms with Crippen molar-refractivity contribution in [2.45, 2.75) is 13.3 Å². The lowest BCUT2D eigenvalue weighted by atomic mass is 10.1. The van der Waals surface area contributed by atoms with Gasteiger partial charge >= 0.3 is 0 Å². The molecule has 0 aliphatic carbocycles. The molecule has 0 spiro atoms. The van der Waals surface area contributed by atoms with Crippen molar-refractivity contribution in [3.05, 3.63) is 75.8 Å². The molecule has 0 fully saturated rings. The molecular formula is C23H22N6O2S2. The van der Waals surface area contributed by atoms with Gasteiger partial charge in [-0.05, 0) is 31.2 Å². The van der Waals surface area contributed by atoms with Crippen LogP contribution in [0, 0.1) is 6.92 Å². The molecule has 0 aliphatic rings. The van der Waals surface area contributed by atoms with Crippen molar-refractivity contribution in [2.75, 3.05) is 24.1 Å². The maximum Gasteiger partial charge on any atom is 0.254 e. The van der Waals surface area contributed by atoms with Crippen molar-refractivity contribution in [3.8, 4) is 11.3 Å². The topological polar surface area (TPSA) is 114 Å². The van der Waals surface area contributed by atoms with Crippen molar-refractivity contribution in [2.24, 2.45) is 0 Å². The monoisotopic (exact) mass is 478 g/mol. The van der Waals surface area contributed by atoms with Crippen LogP contribution in [0.2, 0.25) is 0 Å². The molecule has 10 heteroatoms. The second kappa shape index (κ2) is 10.3. The van der Waals surface area contributed by atoms with Crippen molar-refractivity contribution in [1.82, 2.24) is 19.9 Å². The number of hydrogen-bond acceptors (Lipinski definition) is 8. The SMILES string of the molecule is Cc1nc(CCN(CC(=O)Nc2ccc(-c3csc(N)n3)cc2)C(=O)c2ccncc2)cs1. The molecule has 33 heavy (non-hydrogen) atoms. The Bertz CT molecular complexity index is 1240. The number of nitrogens with one attached hydrogen (secondary N) is 1. The van der Waals surface area contributed by atoms with Gasteiger partial charge in [0.2, 0.25) is 5.91 Å². The molecule has 4 aromatic rings. The molecular weight excluding hydrogens is 456 g/mol. The van der Waals surface area contributed by atoms with Crippen molar-refractivity contribution in [1.29, 1.82) is 0 Å². The van der Waals surface area contributed by atoms with E-state index in [4.69, 9.17) is 5.73 Å². The lowest BCUT2D eigenvalue weighted by Gasteiger charge is -2.22. The van der Waals surface area contributed by atoms with Crippen LogP contribution in [0.3, 0.4) is 0 Å². The number of aromatic nitrogens is 3. The van der Waals surface area contributed by atoms with Gasteiger partial charge in [0.05, 0.1) is 16.4 Å². The molecule has 0 saturated carbocycles. The predicted octanol–water partition coefficient (Wildman–Crippen LogP) is 3.88. The lowest BCUT2D eigenvalue weighted by molar-refractivity contribution is -0.116.